The Hall–Kier alpha value is -2.94. The second kappa shape index (κ2) is 11.2. The van der Waals surface area contributed by atoms with Crippen molar-refractivity contribution in [3.8, 4) is 17.2 Å². The summed E-state index contributed by atoms with van der Waals surface area (Å²) in [5.74, 6) is 1.82. The number of rotatable bonds is 8. The Kier molecular flexibility index (Phi) is 8.53. The summed E-state index contributed by atoms with van der Waals surface area (Å²) >= 11 is 1.59. The molecule has 190 valence electrons. The molecule has 0 bridgehead atoms. The number of benzene rings is 1. The van der Waals surface area contributed by atoms with E-state index in [0.29, 0.717) is 35.1 Å². The summed E-state index contributed by atoms with van der Waals surface area (Å²) < 4.78 is 21.5. The molecule has 1 heterocycles. The number of hydrogen-bond donors (Lipinski definition) is 0. The molecule has 0 aromatic heterocycles. The number of allylic oxidation sites excluding steroid dienone is 2. The van der Waals surface area contributed by atoms with Gasteiger partial charge in [-0.15, -0.1) is 11.8 Å². The van der Waals surface area contributed by atoms with Gasteiger partial charge in [0.15, 0.2) is 17.3 Å². The normalized spacial score (nSPS) is 17.7. The molecule has 9 heteroatoms. The highest BCUT2D eigenvalue weighted by molar-refractivity contribution is 8.14. The lowest BCUT2D eigenvalue weighted by Crippen LogP contribution is -2.35. The van der Waals surface area contributed by atoms with Gasteiger partial charge in [-0.1, -0.05) is 17.7 Å². The molecule has 0 saturated carbocycles. The van der Waals surface area contributed by atoms with Gasteiger partial charge in [-0.2, -0.15) is 0 Å². The number of carbonyl (C=O) groups is 2. The van der Waals surface area contributed by atoms with Gasteiger partial charge in [-0.25, -0.2) is 4.79 Å². The standard InChI is InChI=1S/C26H34N2O6S/c1-26(2,3)34-25(30)28(4)14-16-8-10-17(11-9-16)24-27-19(15-35-24)22(29)18-12-20(31-5)23(33-7)21(13-18)32-6/h8,10,12-13,19H,9,11,14-15H2,1-7H3. The third-order valence-corrected chi connectivity index (χ3v) is 6.68. The van der Waals surface area contributed by atoms with Crippen LogP contribution in [0.5, 0.6) is 17.2 Å². The van der Waals surface area contributed by atoms with Crippen molar-refractivity contribution < 1.29 is 28.5 Å². The third kappa shape index (κ3) is 6.60. The van der Waals surface area contributed by atoms with Gasteiger partial charge in [0.25, 0.3) is 0 Å². The van der Waals surface area contributed by atoms with Crippen LogP contribution in [0.3, 0.4) is 0 Å². The van der Waals surface area contributed by atoms with Crippen molar-refractivity contribution in [1.29, 1.82) is 0 Å². The molecule has 1 aliphatic carbocycles. The largest absolute Gasteiger partial charge is 0.493 e. The summed E-state index contributed by atoms with van der Waals surface area (Å²) in [6.45, 7) is 6.08. The van der Waals surface area contributed by atoms with Crippen LogP contribution in [-0.2, 0) is 4.74 Å². The maximum atomic E-state index is 13.2. The molecular formula is C26H34N2O6S. The van der Waals surface area contributed by atoms with E-state index in [0.717, 1.165) is 29.0 Å². The number of ketones is 1. The number of thioether (sulfide) groups is 1. The number of methoxy groups -OCH3 is 3. The molecule has 0 fully saturated rings. The molecule has 0 saturated heterocycles. The van der Waals surface area contributed by atoms with Crippen LogP contribution in [0.1, 0.15) is 44.0 Å². The molecular weight excluding hydrogens is 468 g/mol. The Morgan fingerprint density at radius 2 is 1.71 bits per heavy atom. The molecule has 1 aliphatic heterocycles. The Bertz CT molecular complexity index is 1050. The van der Waals surface area contributed by atoms with Crippen LogP contribution in [0.25, 0.3) is 0 Å². The van der Waals surface area contributed by atoms with Gasteiger partial charge in [0.1, 0.15) is 11.6 Å². The topological polar surface area (TPSA) is 86.7 Å². The minimum absolute atomic E-state index is 0.0848. The predicted molar refractivity (Wildman–Crippen MR) is 138 cm³/mol. The van der Waals surface area contributed by atoms with Crippen LogP contribution in [0, 0.1) is 0 Å². The number of carbonyl (C=O) groups excluding carboxylic acids is 2. The van der Waals surface area contributed by atoms with Crippen LogP contribution < -0.4 is 14.2 Å². The zero-order valence-electron chi connectivity index (χ0n) is 21.5. The minimum Gasteiger partial charge on any atom is -0.493 e. The van der Waals surface area contributed by atoms with Crippen molar-refractivity contribution in [3.63, 3.8) is 0 Å². The van der Waals surface area contributed by atoms with Gasteiger partial charge in [-0.3, -0.25) is 9.79 Å². The highest BCUT2D eigenvalue weighted by atomic mass is 32.2. The van der Waals surface area contributed by atoms with Crippen molar-refractivity contribution >= 4 is 28.7 Å². The lowest BCUT2D eigenvalue weighted by molar-refractivity contribution is 0.0312. The highest BCUT2D eigenvalue weighted by Crippen LogP contribution is 2.39. The fraction of sp³-hybridized carbons (Fsp3) is 0.500. The van der Waals surface area contributed by atoms with Crippen molar-refractivity contribution in [2.75, 3.05) is 40.7 Å². The van der Waals surface area contributed by atoms with Crippen LogP contribution in [-0.4, -0.2) is 74.1 Å². The molecule has 1 amide bonds. The average Bonchev–Trinajstić information content (AvgIpc) is 3.32. The fourth-order valence-corrected chi connectivity index (χ4v) is 4.90. The van der Waals surface area contributed by atoms with E-state index in [1.165, 1.54) is 21.3 Å². The molecule has 1 atom stereocenters. The Morgan fingerprint density at radius 1 is 1.06 bits per heavy atom. The third-order valence-electron chi connectivity index (χ3n) is 5.56. The molecule has 0 spiro atoms. The molecule has 1 aromatic rings. The molecule has 0 N–H and O–H groups in total. The monoisotopic (exact) mass is 502 g/mol. The van der Waals surface area contributed by atoms with Crippen molar-refractivity contribution in [2.45, 2.75) is 45.3 Å². The highest BCUT2D eigenvalue weighted by Gasteiger charge is 2.30. The average molecular weight is 503 g/mol. The Morgan fingerprint density at radius 3 is 2.23 bits per heavy atom. The minimum atomic E-state index is -0.521. The van der Waals surface area contributed by atoms with Crippen LogP contribution >= 0.6 is 11.8 Å². The number of hydrogen-bond acceptors (Lipinski definition) is 8. The zero-order valence-corrected chi connectivity index (χ0v) is 22.3. The number of likely N-dealkylation sites (N-methyl/N-ethyl adjacent to an activating group) is 1. The SMILES string of the molecule is COc1cc(C(=O)C2CSC(C3=CC=C(CN(C)C(=O)OC(C)(C)C)CC3)=N2)cc(OC)c1OC. The van der Waals surface area contributed by atoms with Gasteiger partial charge < -0.3 is 23.8 Å². The van der Waals surface area contributed by atoms with Crippen LogP contribution in [0.15, 0.2) is 40.4 Å². The molecule has 1 aromatic carbocycles. The van der Waals surface area contributed by atoms with Crippen molar-refractivity contribution in [3.05, 3.63) is 41.0 Å². The van der Waals surface area contributed by atoms with E-state index in [1.807, 2.05) is 32.9 Å². The first-order chi connectivity index (χ1) is 16.6. The molecule has 2 aliphatic rings. The summed E-state index contributed by atoms with van der Waals surface area (Å²) in [4.78, 5) is 31.7. The Balaban J connectivity index is 1.69. The smallest absolute Gasteiger partial charge is 0.410 e. The first-order valence-electron chi connectivity index (χ1n) is 11.4. The second-order valence-corrected chi connectivity index (χ2v) is 10.4. The molecule has 1 unspecified atom stereocenters. The summed E-state index contributed by atoms with van der Waals surface area (Å²) in [6, 6.07) is 2.86. The quantitative estimate of drug-likeness (QED) is 0.466. The maximum absolute atomic E-state index is 13.2. The number of amides is 1. The van der Waals surface area contributed by atoms with Crippen molar-refractivity contribution in [1.82, 2.24) is 4.90 Å². The van der Waals surface area contributed by atoms with Gasteiger partial charge in [0.2, 0.25) is 5.75 Å². The van der Waals surface area contributed by atoms with E-state index < -0.39 is 11.6 Å². The lowest BCUT2D eigenvalue weighted by atomic mass is 9.98. The van der Waals surface area contributed by atoms with Crippen LogP contribution in [0.2, 0.25) is 0 Å². The summed E-state index contributed by atoms with van der Waals surface area (Å²) in [6.07, 6.45) is 5.38. The van der Waals surface area contributed by atoms with Crippen molar-refractivity contribution in [2.24, 2.45) is 4.99 Å². The van der Waals surface area contributed by atoms with Crippen LogP contribution in [0.4, 0.5) is 4.79 Å². The summed E-state index contributed by atoms with van der Waals surface area (Å²) in [7, 11) is 6.31. The Labute approximate surface area is 211 Å². The first kappa shape index (κ1) is 26.7. The van der Waals surface area contributed by atoms with E-state index >= 15 is 0 Å². The van der Waals surface area contributed by atoms with E-state index in [9.17, 15) is 9.59 Å². The molecule has 35 heavy (non-hydrogen) atoms. The molecule has 8 nitrogen and oxygen atoms in total. The molecule has 0 radical (unpaired) electrons. The van der Waals surface area contributed by atoms with Gasteiger partial charge in [0, 0.05) is 24.9 Å². The van der Waals surface area contributed by atoms with E-state index in [1.54, 1.807) is 35.8 Å². The van der Waals surface area contributed by atoms with E-state index in [2.05, 4.69) is 0 Å². The van der Waals surface area contributed by atoms with Gasteiger partial charge >= 0.3 is 6.09 Å². The predicted octanol–water partition coefficient (Wildman–Crippen LogP) is 4.92. The number of Topliss-reactive ketones (excluding diaryl/α,β-unsaturated/α-hetero) is 1. The number of nitrogens with zero attached hydrogens (tertiary/aromatic N) is 2. The second-order valence-electron chi connectivity index (χ2n) is 9.39. The fourth-order valence-electron chi connectivity index (χ4n) is 3.80. The summed E-state index contributed by atoms with van der Waals surface area (Å²) in [5, 5.41) is 0.895. The van der Waals surface area contributed by atoms with Gasteiger partial charge in [-0.05, 0) is 51.3 Å². The number of ether oxygens (including phenoxy) is 4. The maximum Gasteiger partial charge on any atom is 0.410 e. The van der Waals surface area contributed by atoms with E-state index in [-0.39, 0.29) is 11.9 Å². The lowest BCUT2D eigenvalue weighted by Gasteiger charge is -2.26. The van der Waals surface area contributed by atoms with E-state index in [4.69, 9.17) is 23.9 Å². The first-order valence-corrected chi connectivity index (χ1v) is 12.4. The zero-order chi connectivity index (χ0) is 25.8. The summed E-state index contributed by atoms with van der Waals surface area (Å²) in [5.41, 5.74) is 2.21. The number of aliphatic imine (C=N–C) groups is 1. The molecule has 3 rings (SSSR count). The van der Waals surface area contributed by atoms with Gasteiger partial charge in [0.05, 0.1) is 26.4 Å².